The van der Waals surface area contributed by atoms with Crippen molar-refractivity contribution in [3.05, 3.63) is 64.4 Å². The third kappa shape index (κ3) is 3.44. The third-order valence-electron chi connectivity index (χ3n) is 4.32. The molecule has 142 valence electrons. The summed E-state index contributed by atoms with van der Waals surface area (Å²) < 4.78 is 7.14. The molecule has 0 radical (unpaired) electrons. The molecule has 2 heterocycles. The van der Waals surface area contributed by atoms with Crippen LogP contribution < -0.4 is 15.4 Å². The molecule has 2 N–H and O–H groups in total. The average Bonchev–Trinajstić information content (AvgIpc) is 3.00. The summed E-state index contributed by atoms with van der Waals surface area (Å²) in [5.41, 5.74) is 4.03. The maximum Gasteiger partial charge on any atom is 0.262 e. The summed E-state index contributed by atoms with van der Waals surface area (Å²) in [5, 5.41) is 10.3. The first-order valence-corrected chi connectivity index (χ1v) is 9.00. The van der Waals surface area contributed by atoms with Gasteiger partial charge in [-0.3, -0.25) is 9.59 Å². The number of nitrogens with zero attached hydrogens (tertiary/aromatic N) is 2. The lowest BCUT2D eigenvalue weighted by Crippen LogP contribution is -2.25. The molecule has 0 saturated heterocycles. The molecule has 2 amide bonds. The fourth-order valence-electron chi connectivity index (χ4n) is 3.06. The number of halogens is 1. The highest BCUT2D eigenvalue weighted by atomic mass is 35.5. The highest BCUT2D eigenvalue weighted by molar-refractivity contribution is 6.34. The maximum absolute atomic E-state index is 12.8. The minimum Gasteiger partial charge on any atom is -0.482 e. The summed E-state index contributed by atoms with van der Waals surface area (Å²) >= 11 is 6.26. The van der Waals surface area contributed by atoms with Crippen molar-refractivity contribution < 1.29 is 14.3 Å². The normalized spacial score (nSPS) is 12.8. The second-order valence-electron chi connectivity index (χ2n) is 6.50. The molecule has 3 aromatic rings. The fraction of sp³-hybridized carbons (Fsp3) is 0.150. The Morgan fingerprint density at radius 2 is 2.04 bits per heavy atom. The Morgan fingerprint density at radius 1 is 1.21 bits per heavy atom. The van der Waals surface area contributed by atoms with E-state index in [9.17, 15) is 9.59 Å². The van der Waals surface area contributed by atoms with E-state index in [0.717, 1.165) is 17.1 Å². The van der Waals surface area contributed by atoms with Crippen molar-refractivity contribution in [3.8, 4) is 11.4 Å². The molecule has 0 atom stereocenters. The number of ether oxygens (including phenoxy) is 1. The van der Waals surface area contributed by atoms with Gasteiger partial charge in [0.25, 0.3) is 11.8 Å². The standard InChI is InChI=1S/C20H17ClN4O3/c1-11-7-12(2)25(24-11)14-4-5-16(21)15(9-14)20(27)22-13-3-6-17-18(8-13)28-10-19(26)23-17/h3-9H,10H2,1-2H3,(H,22,27)(H,23,26). The van der Waals surface area contributed by atoms with Crippen molar-refractivity contribution in [2.24, 2.45) is 0 Å². The summed E-state index contributed by atoms with van der Waals surface area (Å²) in [6, 6.07) is 12.2. The number of benzene rings is 2. The molecule has 1 aliphatic rings. The number of fused-ring (bicyclic) bond motifs is 1. The highest BCUT2D eigenvalue weighted by Gasteiger charge is 2.18. The van der Waals surface area contributed by atoms with Gasteiger partial charge in [-0.1, -0.05) is 11.6 Å². The second kappa shape index (κ2) is 7.01. The summed E-state index contributed by atoms with van der Waals surface area (Å²) in [4.78, 5) is 24.2. The number of rotatable bonds is 3. The number of hydrogen-bond acceptors (Lipinski definition) is 4. The van der Waals surface area contributed by atoms with E-state index >= 15 is 0 Å². The van der Waals surface area contributed by atoms with E-state index in [4.69, 9.17) is 16.3 Å². The lowest BCUT2D eigenvalue weighted by Gasteiger charge is -2.18. The molecular formula is C20H17ClN4O3. The lowest BCUT2D eigenvalue weighted by atomic mass is 10.1. The zero-order chi connectivity index (χ0) is 19.8. The highest BCUT2D eigenvalue weighted by Crippen LogP contribution is 2.31. The molecule has 0 saturated carbocycles. The van der Waals surface area contributed by atoms with E-state index in [1.54, 1.807) is 35.0 Å². The Morgan fingerprint density at radius 3 is 2.79 bits per heavy atom. The maximum atomic E-state index is 12.8. The van der Waals surface area contributed by atoms with E-state index in [1.807, 2.05) is 26.0 Å². The van der Waals surface area contributed by atoms with Crippen LogP contribution in [-0.4, -0.2) is 28.2 Å². The summed E-state index contributed by atoms with van der Waals surface area (Å²) in [6.07, 6.45) is 0. The van der Waals surface area contributed by atoms with Crippen LogP contribution in [0.15, 0.2) is 42.5 Å². The Hall–Kier alpha value is -3.32. The van der Waals surface area contributed by atoms with E-state index in [1.165, 1.54) is 0 Å². The number of carbonyl (C=O) groups excluding carboxylic acids is 2. The first-order valence-electron chi connectivity index (χ1n) is 8.62. The van der Waals surface area contributed by atoms with Gasteiger partial charge in [0, 0.05) is 17.4 Å². The number of nitrogens with one attached hydrogen (secondary N) is 2. The Kier molecular flexibility index (Phi) is 4.52. The Labute approximate surface area is 166 Å². The van der Waals surface area contributed by atoms with Crippen LogP contribution in [0, 0.1) is 13.8 Å². The predicted molar refractivity (Wildman–Crippen MR) is 107 cm³/mol. The van der Waals surface area contributed by atoms with Gasteiger partial charge in [0.2, 0.25) is 0 Å². The topological polar surface area (TPSA) is 85.2 Å². The van der Waals surface area contributed by atoms with Gasteiger partial charge in [-0.05, 0) is 50.2 Å². The Bertz CT molecular complexity index is 1110. The van der Waals surface area contributed by atoms with Crippen molar-refractivity contribution >= 4 is 34.8 Å². The molecule has 0 bridgehead atoms. The number of aryl methyl sites for hydroxylation is 2. The average molecular weight is 397 g/mol. The molecule has 0 aliphatic carbocycles. The summed E-state index contributed by atoms with van der Waals surface area (Å²) in [5.74, 6) is -0.0647. The largest absolute Gasteiger partial charge is 0.482 e. The monoisotopic (exact) mass is 396 g/mol. The molecule has 4 rings (SSSR count). The Balaban J connectivity index is 1.61. The number of carbonyl (C=O) groups is 2. The third-order valence-corrected chi connectivity index (χ3v) is 4.65. The number of aromatic nitrogens is 2. The molecule has 0 unspecified atom stereocenters. The van der Waals surface area contributed by atoms with Gasteiger partial charge in [0.15, 0.2) is 6.61 Å². The van der Waals surface area contributed by atoms with Crippen molar-refractivity contribution in [2.75, 3.05) is 17.2 Å². The van der Waals surface area contributed by atoms with Crippen molar-refractivity contribution in [1.29, 1.82) is 0 Å². The van der Waals surface area contributed by atoms with Crippen LogP contribution in [0.3, 0.4) is 0 Å². The molecule has 28 heavy (non-hydrogen) atoms. The van der Waals surface area contributed by atoms with E-state index in [0.29, 0.717) is 27.7 Å². The molecule has 7 nitrogen and oxygen atoms in total. The van der Waals surface area contributed by atoms with Gasteiger partial charge >= 0.3 is 0 Å². The van der Waals surface area contributed by atoms with Gasteiger partial charge in [-0.2, -0.15) is 5.10 Å². The zero-order valence-electron chi connectivity index (χ0n) is 15.2. The number of hydrogen-bond donors (Lipinski definition) is 2. The molecule has 8 heteroatoms. The van der Waals surface area contributed by atoms with Crippen molar-refractivity contribution in [3.63, 3.8) is 0 Å². The van der Waals surface area contributed by atoms with Gasteiger partial charge in [0.1, 0.15) is 5.75 Å². The number of anilines is 2. The second-order valence-corrected chi connectivity index (χ2v) is 6.91. The quantitative estimate of drug-likeness (QED) is 0.706. The van der Waals surface area contributed by atoms with E-state index < -0.39 is 0 Å². The summed E-state index contributed by atoms with van der Waals surface area (Å²) in [7, 11) is 0. The zero-order valence-corrected chi connectivity index (χ0v) is 16.0. The fourth-order valence-corrected chi connectivity index (χ4v) is 3.26. The first-order chi connectivity index (χ1) is 13.4. The minimum absolute atomic E-state index is 0.0547. The van der Waals surface area contributed by atoms with Crippen LogP contribution in [0.1, 0.15) is 21.7 Å². The molecule has 0 spiro atoms. The van der Waals surface area contributed by atoms with Crippen molar-refractivity contribution in [1.82, 2.24) is 9.78 Å². The SMILES string of the molecule is Cc1cc(C)n(-c2ccc(Cl)c(C(=O)Nc3ccc4c(c3)OCC(=O)N4)c2)n1. The number of amides is 2. The molecule has 1 aliphatic heterocycles. The van der Waals surface area contributed by atoms with E-state index in [-0.39, 0.29) is 18.4 Å². The lowest BCUT2D eigenvalue weighted by molar-refractivity contribution is -0.118. The van der Waals surface area contributed by atoms with Crippen LogP contribution in [-0.2, 0) is 4.79 Å². The van der Waals surface area contributed by atoms with Gasteiger partial charge in [0.05, 0.1) is 27.7 Å². The van der Waals surface area contributed by atoms with Crippen LogP contribution in [0.4, 0.5) is 11.4 Å². The van der Waals surface area contributed by atoms with Crippen molar-refractivity contribution in [2.45, 2.75) is 13.8 Å². The van der Waals surface area contributed by atoms with Gasteiger partial charge < -0.3 is 15.4 Å². The first kappa shape index (κ1) is 18.1. The smallest absolute Gasteiger partial charge is 0.262 e. The van der Waals surface area contributed by atoms with Crippen LogP contribution in [0.25, 0.3) is 5.69 Å². The molecule has 0 fully saturated rings. The van der Waals surface area contributed by atoms with Gasteiger partial charge in [-0.15, -0.1) is 0 Å². The predicted octanol–water partition coefficient (Wildman–Crippen LogP) is 3.73. The molecule has 1 aromatic heterocycles. The van der Waals surface area contributed by atoms with Crippen LogP contribution in [0.5, 0.6) is 5.75 Å². The van der Waals surface area contributed by atoms with E-state index in [2.05, 4.69) is 15.7 Å². The van der Waals surface area contributed by atoms with Crippen LogP contribution >= 0.6 is 11.6 Å². The van der Waals surface area contributed by atoms with Crippen LogP contribution in [0.2, 0.25) is 5.02 Å². The minimum atomic E-state index is -0.354. The molecular weight excluding hydrogens is 380 g/mol. The molecule has 2 aromatic carbocycles. The van der Waals surface area contributed by atoms with Gasteiger partial charge in [-0.25, -0.2) is 4.68 Å². The summed E-state index contributed by atoms with van der Waals surface area (Å²) in [6.45, 7) is 3.80.